The lowest BCUT2D eigenvalue weighted by Crippen LogP contribution is -2.35. The molecule has 0 aliphatic rings. The number of nitrogens with zero attached hydrogens (tertiary/aromatic N) is 2. The smallest absolute Gasteiger partial charge is 0.255 e. The Morgan fingerprint density at radius 2 is 2.10 bits per heavy atom. The number of benzene rings is 1. The Morgan fingerprint density at radius 3 is 2.71 bits per heavy atom. The summed E-state index contributed by atoms with van der Waals surface area (Å²) >= 11 is 0. The Bertz CT molecular complexity index is 491. The summed E-state index contributed by atoms with van der Waals surface area (Å²) in [5.74, 6) is 0.376. The molecule has 1 rings (SSSR count). The number of nitrogens with one attached hydrogen (secondary N) is 1. The van der Waals surface area contributed by atoms with Gasteiger partial charge in [0.15, 0.2) is 0 Å². The van der Waals surface area contributed by atoms with Crippen molar-refractivity contribution >= 4 is 11.6 Å². The molecule has 1 aromatic carbocycles. The van der Waals surface area contributed by atoms with Crippen LogP contribution in [0.3, 0.4) is 0 Å². The predicted molar refractivity (Wildman–Crippen MR) is 86.2 cm³/mol. The van der Waals surface area contributed by atoms with Gasteiger partial charge in [0.1, 0.15) is 0 Å². The molecule has 0 fully saturated rings. The Balaban J connectivity index is 2.94. The molecule has 1 aromatic rings. The minimum absolute atomic E-state index is 0.00171. The fourth-order valence-corrected chi connectivity index (χ4v) is 2.16. The van der Waals surface area contributed by atoms with Crippen molar-refractivity contribution in [1.29, 1.82) is 5.26 Å². The molecule has 0 radical (unpaired) electrons. The highest BCUT2D eigenvalue weighted by molar-refractivity contribution is 5.99. The van der Waals surface area contributed by atoms with Gasteiger partial charge in [0.05, 0.1) is 18.1 Å². The number of nitriles is 1. The first-order valence-electron chi connectivity index (χ1n) is 7.59. The van der Waals surface area contributed by atoms with E-state index in [0.29, 0.717) is 31.0 Å². The third-order valence-electron chi connectivity index (χ3n) is 3.09. The van der Waals surface area contributed by atoms with E-state index in [0.717, 1.165) is 18.7 Å². The second-order valence-electron chi connectivity index (χ2n) is 5.53. The van der Waals surface area contributed by atoms with E-state index in [1.165, 1.54) is 0 Å². The van der Waals surface area contributed by atoms with Crippen molar-refractivity contribution in [2.24, 2.45) is 5.92 Å². The molecule has 1 amide bonds. The van der Waals surface area contributed by atoms with Crippen molar-refractivity contribution in [2.45, 2.75) is 33.6 Å². The van der Waals surface area contributed by atoms with E-state index in [4.69, 9.17) is 5.26 Å². The van der Waals surface area contributed by atoms with Gasteiger partial charge in [-0.2, -0.15) is 5.26 Å². The second-order valence-corrected chi connectivity index (χ2v) is 5.53. The number of carbonyl (C=O) groups excluding carboxylic acids is 1. The van der Waals surface area contributed by atoms with E-state index >= 15 is 0 Å². The summed E-state index contributed by atoms with van der Waals surface area (Å²) in [7, 11) is 0. The number of hydrogen-bond acceptors (Lipinski definition) is 3. The SMILES string of the molecule is CCCNc1ccccc1C(=O)N(CCC#N)CC(C)C. The maximum absolute atomic E-state index is 12.7. The summed E-state index contributed by atoms with van der Waals surface area (Å²) in [6.45, 7) is 8.24. The predicted octanol–water partition coefficient (Wildman–Crippen LogP) is 3.52. The Kier molecular flexibility index (Phi) is 7.31. The molecule has 0 atom stereocenters. The van der Waals surface area contributed by atoms with Gasteiger partial charge < -0.3 is 10.2 Å². The second kappa shape index (κ2) is 9.02. The molecule has 114 valence electrons. The average Bonchev–Trinajstić information content (AvgIpc) is 2.48. The Hall–Kier alpha value is -2.02. The van der Waals surface area contributed by atoms with Crippen LogP contribution in [0.5, 0.6) is 0 Å². The van der Waals surface area contributed by atoms with Crippen LogP contribution in [0.25, 0.3) is 0 Å². The fraction of sp³-hybridized carbons (Fsp3) is 0.529. The normalized spacial score (nSPS) is 10.2. The zero-order valence-electron chi connectivity index (χ0n) is 13.2. The van der Waals surface area contributed by atoms with Gasteiger partial charge in [-0.05, 0) is 24.5 Å². The van der Waals surface area contributed by atoms with Gasteiger partial charge in [0.25, 0.3) is 5.91 Å². The molecular formula is C17H25N3O. The molecule has 0 aromatic heterocycles. The minimum atomic E-state index is -0.00171. The van der Waals surface area contributed by atoms with E-state index in [9.17, 15) is 4.79 Å². The van der Waals surface area contributed by atoms with Gasteiger partial charge in [-0.1, -0.05) is 32.9 Å². The first-order valence-corrected chi connectivity index (χ1v) is 7.59. The van der Waals surface area contributed by atoms with Crippen LogP contribution >= 0.6 is 0 Å². The molecule has 0 bridgehead atoms. The zero-order valence-corrected chi connectivity index (χ0v) is 13.2. The summed E-state index contributed by atoms with van der Waals surface area (Å²) in [4.78, 5) is 14.5. The van der Waals surface area contributed by atoms with Gasteiger partial charge in [-0.3, -0.25) is 4.79 Å². The van der Waals surface area contributed by atoms with Crippen molar-refractivity contribution in [3.8, 4) is 6.07 Å². The first kappa shape index (κ1) is 17.0. The zero-order chi connectivity index (χ0) is 15.7. The maximum atomic E-state index is 12.7. The number of amides is 1. The Morgan fingerprint density at radius 1 is 1.38 bits per heavy atom. The van der Waals surface area contributed by atoms with E-state index in [2.05, 4.69) is 32.2 Å². The standard InChI is InChI=1S/C17H25N3O/c1-4-11-19-16-9-6-5-8-15(16)17(21)20(12-7-10-18)13-14(2)3/h5-6,8-9,14,19H,4,7,11-13H2,1-3H3. The molecule has 4 nitrogen and oxygen atoms in total. The largest absolute Gasteiger partial charge is 0.384 e. The summed E-state index contributed by atoms with van der Waals surface area (Å²) < 4.78 is 0. The third-order valence-corrected chi connectivity index (χ3v) is 3.09. The lowest BCUT2D eigenvalue weighted by atomic mass is 10.1. The van der Waals surface area contributed by atoms with Crippen LogP contribution in [0.4, 0.5) is 5.69 Å². The monoisotopic (exact) mass is 287 g/mol. The van der Waals surface area contributed by atoms with Crippen molar-refractivity contribution in [3.05, 3.63) is 29.8 Å². The van der Waals surface area contributed by atoms with Crippen LogP contribution in [-0.4, -0.2) is 30.4 Å². The van der Waals surface area contributed by atoms with Crippen molar-refractivity contribution in [2.75, 3.05) is 25.0 Å². The molecule has 0 saturated heterocycles. The number of rotatable bonds is 8. The molecule has 0 saturated carbocycles. The molecule has 0 unspecified atom stereocenters. The summed E-state index contributed by atoms with van der Waals surface area (Å²) in [5.41, 5.74) is 1.56. The van der Waals surface area contributed by atoms with Crippen LogP contribution < -0.4 is 5.32 Å². The van der Waals surface area contributed by atoms with E-state index in [-0.39, 0.29) is 5.91 Å². The molecule has 0 aliphatic heterocycles. The molecule has 0 spiro atoms. The highest BCUT2D eigenvalue weighted by Crippen LogP contribution is 2.18. The average molecular weight is 287 g/mol. The quantitative estimate of drug-likeness (QED) is 0.796. The molecule has 0 heterocycles. The molecular weight excluding hydrogens is 262 g/mol. The van der Waals surface area contributed by atoms with E-state index < -0.39 is 0 Å². The van der Waals surface area contributed by atoms with Gasteiger partial charge in [-0.25, -0.2) is 0 Å². The van der Waals surface area contributed by atoms with E-state index in [1.807, 2.05) is 24.3 Å². The van der Waals surface area contributed by atoms with Crippen LogP contribution in [0.1, 0.15) is 44.0 Å². The molecule has 1 N–H and O–H groups in total. The Labute approximate surface area is 127 Å². The number of para-hydroxylation sites is 1. The van der Waals surface area contributed by atoms with Gasteiger partial charge >= 0.3 is 0 Å². The van der Waals surface area contributed by atoms with Gasteiger partial charge in [0.2, 0.25) is 0 Å². The lowest BCUT2D eigenvalue weighted by molar-refractivity contribution is 0.0741. The molecule has 4 heteroatoms. The summed E-state index contributed by atoms with van der Waals surface area (Å²) in [6.07, 6.45) is 1.37. The number of anilines is 1. The first-order chi connectivity index (χ1) is 10.1. The highest BCUT2D eigenvalue weighted by Gasteiger charge is 2.19. The van der Waals surface area contributed by atoms with E-state index in [1.54, 1.807) is 4.90 Å². The third kappa shape index (κ3) is 5.47. The van der Waals surface area contributed by atoms with Crippen LogP contribution in [0.2, 0.25) is 0 Å². The van der Waals surface area contributed by atoms with Crippen LogP contribution in [0, 0.1) is 17.2 Å². The van der Waals surface area contributed by atoms with Crippen molar-refractivity contribution < 1.29 is 4.79 Å². The fourth-order valence-electron chi connectivity index (χ4n) is 2.16. The molecule has 0 aliphatic carbocycles. The lowest BCUT2D eigenvalue weighted by Gasteiger charge is -2.25. The number of carbonyl (C=O) groups is 1. The van der Waals surface area contributed by atoms with Crippen LogP contribution in [-0.2, 0) is 0 Å². The maximum Gasteiger partial charge on any atom is 0.255 e. The minimum Gasteiger partial charge on any atom is -0.384 e. The summed E-state index contributed by atoms with van der Waals surface area (Å²) in [6, 6.07) is 9.70. The van der Waals surface area contributed by atoms with Gasteiger partial charge in [-0.15, -0.1) is 0 Å². The van der Waals surface area contributed by atoms with Crippen molar-refractivity contribution in [1.82, 2.24) is 4.90 Å². The topological polar surface area (TPSA) is 56.1 Å². The summed E-state index contributed by atoms with van der Waals surface area (Å²) in [5, 5.41) is 12.1. The highest BCUT2D eigenvalue weighted by atomic mass is 16.2. The molecule has 21 heavy (non-hydrogen) atoms. The van der Waals surface area contributed by atoms with Crippen LogP contribution in [0.15, 0.2) is 24.3 Å². The number of hydrogen-bond donors (Lipinski definition) is 1. The van der Waals surface area contributed by atoms with Gasteiger partial charge in [0, 0.05) is 25.3 Å². The van der Waals surface area contributed by atoms with Crippen molar-refractivity contribution in [3.63, 3.8) is 0 Å².